The highest BCUT2D eigenvalue weighted by Gasteiger charge is 2.51. The average Bonchev–Trinajstić information content (AvgIpc) is 2.38. The van der Waals surface area contributed by atoms with E-state index in [9.17, 15) is 0 Å². The van der Waals surface area contributed by atoms with Crippen molar-refractivity contribution in [2.75, 3.05) is 0 Å². The molecule has 2 fully saturated rings. The number of hydrogen-bond donors (Lipinski definition) is 0. The van der Waals surface area contributed by atoms with Crippen molar-refractivity contribution in [1.29, 1.82) is 0 Å². The average molecular weight is 200 g/mol. The van der Waals surface area contributed by atoms with E-state index in [0.29, 0.717) is 5.92 Å². The molecule has 0 aromatic carbocycles. The van der Waals surface area contributed by atoms with Gasteiger partial charge in [0.2, 0.25) is 0 Å². The first-order chi connectivity index (χ1) is 6.41. The maximum atomic E-state index is 5.90. The van der Waals surface area contributed by atoms with Crippen LogP contribution in [-0.4, -0.2) is 30.2 Å². The van der Waals surface area contributed by atoms with E-state index in [1.165, 1.54) is 0 Å². The van der Waals surface area contributed by atoms with Crippen LogP contribution in [0.15, 0.2) is 0 Å². The van der Waals surface area contributed by atoms with Crippen LogP contribution in [0.4, 0.5) is 0 Å². The van der Waals surface area contributed by atoms with Crippen molar-refractivity contribution in [2.45, 2.75) is 64.8 Å². The molecule has 82 valence electrons. The molecule has 0 N–H and O–H groups in total. The standard InChI is InChI=1S/C11H20O3/c1-6-7(2)12-8(3)10-9(6)13-11(4,5)14-10/h6-10H,1-5H3/t6-,7-,8-,9+,10-/m0/s1. The van der Waals surface area contributed by atoms with Crippen LogP contribution in [0.25, 0.3) is 0 Å². The zero-order valence-corrected chi connectivity index (χ0v) is 9.61. The number of fused-ring (bicyclic) bond motifs is 1. The van der Waals surface area contributed by atoms with E-state index in [0.717, 1.165) is 0 Å². The van der Waals surface area contributed by atoms with Crippen molar-refractivity contribution in [3.8, 4) is 0 Å². The Balaban J connectivity index is 2.18. The molecule has 0 bridgehead atoms. The summed E-state index contributed by atoms with van der Waals surface area (Å²) in [5, 5.41) is 0. The van der Waals surface area contributed by atoms with Gasteiger partial charge in [-0.05, 0) is 27.7 Å². The van der Waals surface area contributed by atoms with Gasteiger partial charge in [0.05, 0.1) is 18.3 Å². The van der Waals surface area contributed by atoms with Gasteiger partial charge in [0.1, 0.15) is 6.10 Å². The summed E-state index contributed by atoms with van der Waals surface area (Å²) in [6.07, 6.45) is 0.664. The van der Waals surface area contributed by atoms with Crippen molar-refractivity contribution >= 4 is 0 Å². The topological polar surface area (TPSA) is 27.7 Å². The van der Waals surface area contributed by atoms with Gasteiger partial charge in [-0.15, -0.1) is 0 Å². The third kappa shape index (κ3) is 1.58. The second-order valence-electron chi connectivity index (χ2n) is 4.97. The highest BCUT2D eigenvalue weighted by molar-refractivity contribution is 4.94. The van der Waals surface area contributed by atoms with Crippen molar-refractivity contribution in [1.82, 2.24) is 0 Å². The largest absolute Gasteiger partial charge is 0.372 e. The first-order valence-electron chi connectivity index (χ1n) is 5.42. The van der Waals surface area contributed by atoms with E-state index >= 15 is 0 Å². The molecule has 3 heteroatoms. The number of hydrogen-bond acceptors (Lipinski definition) is 3. The number of ether oxygens (including phenoxy) is 3. The van der Waals surface area contributed by atoms with E-state index in [1.807, 2.05) is 13.8 Å². The van der Waals surface area contributed by atoms with Crippen LogP contribution in [0.3, 0.4) is 0 Å². The van der Waals surface area contributed by atoms with E-state index < -0.39 is 5.79 Å². The van der Waals surface area contributed by atoms with Crippen molar-refractivity contribution < 1.29 is 14.2 Å². The Morgan fingerprint density at radius 2 is 1.43 bits per heavy atom. The molecule has 2 heterocycles. The zero-order chi connectivity index (χ0) is 10.5. The summed E-state index contributed by atoms with van der Waals surface area (Å²) >= 11 is 0. The third-order valence-corrected chi connectivity index (χ3v) is 3.31. The molecule has 0 radical (unpaired) electrons. The Hall–Kier alpha value is -0.120. The molecule has 0 aromatic heterocycles. The fourth-order valence-electron chi connectivity index (χ4n) is 2.39. The Morgan fingerprint density at radius 1 is 0.857 bits per heavy atom. The Labute approximate surface area is 85.7 Å². The van der Waals surface area contributed by atoms with Gasteiger partial charge >= 0.3 is 0 Å². The summed E-state index contributed by atoms with van der Waals surface area (Å²) in [6.45, 7) is 10.3. The van der Waals surface area contributed by atoms with E-state index in [1.54, 1.807) is 0 Å². The minimum absolute atomic E-state index is 0.0937. The normalized spacial score (nSPS) is 51.6. The maximum absolute atomic E-state index is 5.90. The SMILES string of the molecule is C[C@@H]1[C@H]2OC(C)(C)O[C@H]2[C@H](C)O[C@H]1C. The van der Waals surface area contributed by atoms with Crippen LogP contribution >= 0.6 is 0 Å². The molecule has 14 heavy (non-hydrogen) atoms. The fraction of sp³-hybridized carbons (Fsp3) is 1.00. The van der Waals surface area contributed by atoms with Gasteiger partial charge in [0.25, 0.3) is 0 Å². The van der Waals surface area contributed by atoms with Crippen molar-refractivity contribution in [2.24, 2.45) is 5.92 Å². The summed E-state index contributed by atoms with van der Waals surface area (Å²) in [5.41, 5.74) is 0. The summed E-state index contributed by atoms with van der Waals surface area (Å²) in [4.78, 5) is 0. The smallest absolute Gasteiger partial charge is 0.163 e. The monoisotopic (exact) mass is 200 g/mol. The molecule has 2 aliphatic heterocycles. The van der Waals surface area contributed by atoms with Crippen LogP contribution in [0.2, 0.25) is 0 Å². The summed E-state index contributed by atoms with van der Waals surface area (Å²) < 4.78 is 17.5. The van der Waals surface area contributed by atoms with Gasteiger partial charge in [0, 0.05) is 5.92 Å². The lowest BCUT2D eigenvalue weighted by Crippen LogP contribution is -2.49. The summed E-state index contributed by atoms with van der Waals surface area (Å²) in [7, 11) is 0. The molecule has 0 aliphatic carbocycles. The second kappa shape index (κ2) is 3.19. The van der Waals surface area contributed by atoms with Gasteiger partial charge in [-0.25, -0.2) is 0 Å². The van der Waals surface area contributed by atoms with Gasteiger partial charge in [-0.3, -0.25) is 0 Å². The summed E-state index contributed by atoms with van der Waals surface area (Å²) in [5.74, 6) is -0.0522. The Kier molecular flexibility index (Phi) is 2.37. The first kappa shape index (κ1) is 10.4. The highest BCUT2D eigenvalue weighted by Crippen LogP contribution is 2.39. The molecule has 3 nitrogen and oxygen atoms in total. The fourth-order valence-corrected chi connectivity index (χ4v) is 2.39. The Morgan fingerprint density at radius 3 is 2.07 bits per heavy atom. The lowest BCUT2D eigenvalue weighted by molar-refractivity contribution is -0.155. The van der Waals surface area contributed by atoms with Crippen molar-refractivity contribution in [3.63, 3.8) is 0 Å². The van der Waals surface area contributed by atoms with Crippen LogP contribution < -0.4 is 0 Å². The third-order valence-electron chi connectivity index (χ3n) is 3.31. The molecule has 5 atom stereocenters. The molecule has 2 rings (SSSR count). The molecular formula is C11H20O3. The molecule has 0 saturated carbocycles. The second-order valence-corrected chi connectivity index (χ2v) is 4.97. The Bertz CT molecular complexity index is 227. The van der Waals surface area contributed by atoms with Crippen LogP contribution in [-0.2, 0) is 14.2 Å². The highest BCUT2D eigenvalue weighted by atomic mass is 16.8. The molecule has 0 aromatic rings. The van der Waals surface area contributed by atoms with Gasteiger partial charge in [-0.1, -0.05) is 6.92 Å². The number of rotatable bonds is 0. The lowest BCUT2D eigenvalue weighted by atomic mass is 9.89. The minimum atomic E-state index is -0.453. The van der Waals surface area contributed by atoms with Crippen LogP contribution in [0, 0.1) is 5.92 Å². The van der Waals surface area contributed by atoms with Crippen molar-refractivity contribution in [3.05, 3.63) is 0 Å². The predicted octanol–water partition coefficient (Wildman–Crippen LogP) is 1.95. The maximum Gasteiger partial charge on any atom is 0.163 e. The van der Waals surface area contributed by atoms with Gasteiger partial charge in [-0.2, -0.15) is 0 Å². The first-order valence-corrected chi connectivity index (χ1v) is 5.42. The van der Waals surface area contributed by atoms with E-state index in [-0.39, 0.29) is 24.4 Å². The van der Waals surface area contributed by atoms with E-state index in [2.05, 4.69) is 20.8 Å². The molecule has 0 unspecified atom stereocenters. The predicted molar refractivity (Wildman–Crippen MR) is 53.0 cm³/mol. The molecule has 0 amide bonds. The molecule has 0 spiro atoms. The van der Waals surface area contributed by atoms with Crippen LogP contribution in [0.5, 0.6) is 0 Å². The lowest BCUT2D eigenvalue weighted by Gasteiger charge is -2.38. The van der Waals surface area contributed by atoms with Crippen LogP contribution in [0.1, 0.15) is 34.6 Å². The molecule has 2 aliphatic rings. The molecular weight excluding hydrogens is 180 g/mol. The molecule has 2 saturated heterocycles. The van der Waals surface area contributed by atoms with Gasteiger partial charge < -0.3 is 14.2 Å². The van der Waals surface area contributed by atoms with E-state index in [4.69, 9.17) is 14.2 Å². The van der Waals surface area contributed by atoms with Gasteiger partial charge in [0.15, 0.2) is 5.79 Å². The quantitative estimate of drug-likeness (QED) is 0.598. The summed E-state index contributed by atoms with van der Waals surface area (Å²) in [6, 6.07) is 0. The zero-order valence-electron chi connectivity index (χ0n) is 9.61. The minimum Gasteiger partial charge on any atom is -0.372 e.